The zero-order valence-electron chi connectivity index (χ0n) is 21.6. The van der Waals surface area contributed by atoms with Crippen molar-refractivity contribution in [3.05, 3.63) is 75.9 Å². The van der Waals surface area contributed by atoms with Gasteiger partial charge in [0, 0.05) is 21.3 Å². The Morgan fingerprint density at radius 3 is 2.09 bits per heavy atom. The topological polar surface area (TPSA) is 12.0 Å². The summed E-state index contributed by atoms with van der Waals surface area (Å²) < 4.78 is 1.20. The van der Waals surface area contributed by atoms with E-state index in [0.717, 1.165) is 0 Å². The largest absolute Gasteiger partial charge is 0.355 e. The van der Waals surface area contributed by atoms with Crippen LogP contribution < -0.4 is 5.32 Å². The number of benzene rings is 2. The van der Waals surface area contributed by atoms with Crippen LogP contribution in [0, 0.1) is 28.1 Å². The predicted molar refractivity (Wildman–Crippen MR) is 148 cm³/mol. The molecule has 34 heavy (non-hydrogen) atoms. The number of hydrogen-bond acceptors (Lipinski definition) is 1. The standard InChI is InChI=1S/C32H38BrN/c1-29(2)25-18-27(33)28(19-26(25)30(3,4)31(29,5)6)34-20-13-14-22-21-11-7-8-12-23(21)32(24(22)17-20)15-9-10-16-32/h7-8,11-14,17-19,25-26,34H,9-10,15-16H2,1-6H3. The summed E-state index contributed by atoms with van der Waals surface area (Å²) in [6.07, 6.45) is 10.2. The average Bonchev–Trinajstić information content (AvgIpc) is 3.42. The first kappa shape index (κ1) is 22.7. The molecular weight excluding hydrogens is 478 g/mol. The van der Waals surface area contributed by atoms with Crippen LogP contribution in [0.4, 0.5) is 5.69 Å². The van der Waals surface area contributed by atoms with Crippen LogP contribution in [0.15, 0.2) is 64.8 Å². The van der Waals surface area contributed by atoms with E-state index < -0.39 is 0 Å². The quantitative estimate of drug-likeness (QED) is 0.419. The predicted octanol–water partition coefficient (Wildman–Crippen LogP) is 9.44. The van der Waals surface area contributed by atoms with E-state index in [-0.39, 0.29) is 21.7 Å². The van der Waals surface area contributed by atoms with Crippen molar-refractivity contribution < 1.29 is 0 Å². The third-order valence-corrected chi connectivity index (χ3v) is 11.9. The van der Waals surface area contributed by atoms with Crippen LogP contribution in [0.5, 0.6) is 0 Å². The van der Waals surface area contributed by atoms with Crippen molar-refractivity contribution in [1.82, 2.24) is 0 Å². The van der Waals surface area contributed by atoms with Crippen LogP contribution in [-0.4, -0.2) is 0 Å². The summed E-state index contributed by atoms with van der Waals surface area (Å²) >= 11 is 3.95. The highest BCUT2D eigenvalue weighted by atomic mass is 79.9. The Balaban J connectivity index is 1.38. The van der Waals surface area contributed by atoms with E-state index in [2.05, 4.69) is 117 Å². The molecule has 4 aliphatic carbocycles. The van der Waals surface area contributed by atoms with Gasteiger partial charge in [0.2, 0.25) is 0 Å². The van der Waals surface area contributed by atoms with Crippen molar-refractivity contribution in [3.8, 4) is 11.1 Å². The number of nitrogens with one attached hydrogen (secondary N) is 1. The molecule has 0 aliphatic heterocycles. The lowest BCUT2D eigenvalue weighted by Gasteiger charge is -2.45. The highest BCUT2D eigenvalue weighted by Gasteiger charge is 2.63. The molecule has 6 rings (SSSR count). The molecule has 2 saturated carbocycles. The molecule has 2 fully saturated rings. The van der Waals surface area contributed by atoms with Gasteiger partial charge >= 0.3 is 0 Å². The van der Waals surface area contributed by atoms with E-state index in [1.54, 1.807) is 5.56 Å². The second kappa shape index (κ2) is 7.12. The summed E-state index contributed by atoms with van der Waals surface area (Å²) in [6.45, 7) is 14.8. The molecule has 4 aliphatic rings. The molecule has 0 heterocycles. The summed E-state index contributed by atoms with van der Waals surface area (Å²) in [5.41, 5.74) is 9.30. The molecule has 2 heteroatoms. The number of fused-ring (bicyclic) bond motifs is 6. The molecule has 0 aromatic heterocycles. The maximum atomic E-state index is 3.95. The third kappa shape index (κ3) is 2.73. The van der Waals surface area contributed by atoms with Crippen LogP contribution in [0.25, 0.3) is 11.1 Å². The SMILES string of the molecule is CC1(C)C2C=C(Br)C(Nc3ccc4c(c3)C3(CCCC3)c3ccccc3-4)=CC2C(C)(C)C1(C)C. The highest BCUT2D eigenvalue weighted by molar-refractivity contribution is 9.12. The molecule has 0 bridgehead atoms. The molecular formula is C32H38BrN. The van der Waals surface area contributed by atoms with Gasteiger partial charge in [0.1, 0.15) is 0 Å². The van der Waals surface area contributed by atoms with E-state index in [4.69, 9.17) is 0 Å². The Kier molecular flexibility index (Phi) is 4.75. The van der Waals surface area contributed by atoms with Crippen molar-refractivity contribution >= 4 is 21.6 Å². The first-order valence-electron chi connectivity index (χ1n) is 13.1. The maximum Gasteiger partial charge on any atom is 0.0488 e. The lowest BCUT2D eigenvalue weighted by Crippen LogP contribution is -2.38. The Labute approximate surface area is 214 Å². The Hall–Kier alpha value is -1.80. The van der Waals surface area contributed by atoms with E-state index in [1.165, 1.54) is 58.2 Å². The zero-order chi connectivity index (χ0) is 24.1. The van der Waals surface area contributed by atoms with Gasteiger partial charge in [0.15, 0.2) is 0 Å². The minimum atomic E-state index is 0.213. The van der Waals surface area contributed by atoms with Gasteiger partial charge in [-0.15, -0.1) is 0 Å². The van der Waals surface area contributed by atoms with Gasteiger partial charge in [0.05, 0.1) is 0 Å². The number of hydrogen-bond donors (Lipinski definition) is 1. The molecule has 2 atom stereocenters. The van der Waals surface area contributed by atoms with Crippen LogP contribution in [-0.2, 0) is 5.41 Å². The summed E-state index contributed by atoms with van der Waals surface area (Å²) in [7, 11) is 0. The van der Waals surface area contributed by atoms with Crippen LogP contribution >= 0.6 is 15.9 Å². The van der Waals surface area contributed by atoms with Gasteiger partial charge in [-0.3, -0.25) is 0 Å². The number of rotatable bonds is 2. The molecule has 1 N–H and O–H groups in total. The fourth-order valence-corrected chi connectivity index (χ4v) is 8.52. The second-order valence-corrected chi connectivity index (χ2v) is 13.8. The Morgan fingerprint density at radius 1 is 0.765 bits per heavy atom. The normalized spacial score (nSPS) is 28.7. The molecule has 0 amide bonds. The van der Waals surface area contributed by atoms with Gasteiger partial charge in [0.25, 0.3) is 0 Å². The smallest absolute Gasteiger partial charge is 0.0488 e. The van der Waals surface area contributed by atoms with Crippen molar-refractivity contribution in [2.24, 2.45) is 28.1 Å². The molecule has 2 aromatic carbocycles. The third-order valence-electron chi connectivity index (χ3n) is 11.2. The summed E-state index contributed by atoms with van der Waals surface area (Å²) in [4.78, 5) is 0. The maximum absolute atomic E-state index is 3.95. The molecule has 1 spiro atoms. The van der Waals surface area contributed by atoms with E-state index in [0.29, 0.717) is 11.8 Å². The van der Waals surface area contributed by atoms with Gasteiger partial charge in [-0.05, 0) is 91.2 Å². The minimum Gasteiger partial charge on any atom is -0.355 e. The van der Waals surface area contributed by atoms with E-state index in [1.807, 2.05) is 0 Å². The van der Waals surface area contributed by atoms with Crippen LogP contribution in [0.2, 0.25) is 0 Å². The summed E-state index contributed by atoms with van der Waals surface area (Å²) in [6, 6.07) is 16.2. The molecule has 2 aromatic rings. The molecule has 1 nitrogen and oxygen atoms in total. The molecule has 178 valence electrons. The van der Waals surface area contributed by atoms with Crippen LogP contribution in [0.1, 0.15) is 78.4 Å². The van der Waals surface area contributed by atoms with Gasteiger partial charge in [-0.2, -0.15) is 0 Å². The van der Waals surface area contributed by atoms with Gasteiger partial charge in [-0.1, -0.05) is 96.9 Å². The monoisotopic (exact) mass is 515 g/mol. The Morgan fingerprint density at radius 2 is 1.38 bits per heavy atom. The summed E-state index contributed by atoms with van der Waals surface area (Å²) in [5.74, 6) is 1.05. The fraction of sp³-hybridized carbons (Fsp3) is 0.500. The second-order valence-electron chi connectivity index (χ2n) is 12.9. The summed E-state index contributed by atoms with van der Waals surface area (Å²) in [5, 5.41) is 3.84. The van der Waals surface area contributed by atoms with Crippen molar-refractivity contribution in [3.63, 3.8) is 0 Å². The lowest BCUT2D eigenvalue weighted by molar-refractivity contribution is 0.0386. The van der Waals surface area contributed by atoms with Gasteiger partial charge in [-0.25, -0.2) is 0 Å². The molecule has 0 saturated heterocycles. The molecule has 0 radical (unpaired) electrons. The number of halogens is 1. The lowest BCUT2D eigenvalue weighted by atomic mass is 9.59. The van der Waals surface area contributed by atoms with Gasteiger partial charge < -0.3 is 5.32 Å². The average molecular weight is 517 g/mol. The van der Waals surface area contributed by atoms with Crippen molar-refractivity contribution in [2.75, 3.05) is 5.32 Å². The van der Waals surface area contributed by atoms with E-state index >= 15 is 0 Å². The van der Waals surface area contributed by atoms with Crippen molar-refractivity contribution in [1.29, 1.82) is 0 Å². The zero-order valence-corrected chi connectivity index (χ0v) is 23.1. The first-order valence-corrected chi connectivity index (χ1v) is 13.9. The number of anilines is 1. The number of allylic oxidation sites excluding steroid dienone is 3. The fourth-order valence-electron chi connectivity index (χ4n) is 8.00. The minimum absolute atomic E-state index is 0.213. The van der Waals surface area contributed by atoms with Crippen LogP contribution in [0.3, 0.4) is 0 Å². The molecule has 2 unspecified atom stereocenters. The first-order chi connectivity index (χ1) is 16.0. The Bertz CT molecular complexity index is 1240. The van der Waals surface area contributed by atoms with E-state index in [9.17, 15) is 0 Å². The highest BCUT2D eigenvalue weighted by Crippen LogP contribution is 2.69. The van der Waals surface area contributed by atoms with Crippen molar-refractivity contribution in [2.45, 2.75) is 72.6 Å².